The summed E-state index contributed by atoms with van der Waals surface area (Å²) >= 11 is 3.30. The number of rotatable bonds is 1. The molecule has 1 aromatic carbocycles. The van der Waals surface area contributed by atoms with Crippen LogP contribution < -0.4 is 4.74 Å². The van der Waals surface area contributed by atoms with E-state index in [2.05, 4.69) is 15.9 Å². The molecule has 1 atom stereocenters. The van der Waals surface area contributed by atoms with Crippen LogP contribution in [0, 0.1) is 0 Å². The van der Waals surface area contributed by atoms with E-state index in [1.807, 2.05) is 0 Å². The van der Waals surface area contributed by atoms with E-state index in [0.29, 0.717) is 24.3 Å². The summed E-state index contributed by atoms with van der Waals surface area (Å²) in [7, 11) is 1.81. The zero-order valence-electron chi connectivity index (χ0n) is 7.61. The van der Waals surface area contributed by atoms with Gasteiger partial charge in [0.25, 0.3) is 0 Å². The topological polar surface area (TPSA) is 43.4 Å². The first kappa shape index (κ1) is 11.2. The molecule has 1 heterocycles. The van der Waals surface area contributed by atoms with Crippen LogP contribution in [0.2, 0.25) is 0 Å². The van der Waals surface area contributed by atoms with Gasteiger partial charge in [0.1, 0.15) is 11.0 Å². The summed E-state index contributed by atoms with van der Waals surface area (Å²) in [6.45, 7) is 0.375. The van der Waals surface area contributed by atoms with Crippen molar-refractivity contribution in [1.29, 1.82) is 0 Å². The Morgan fingerprint density at radius 2 is 2.20 bits per heavy atom. The molecule has 1 aliphatic heterocycles. The minimum atomic E-state index is -3.58. The Kier molecular flexibility index (Phi) is 2.96. The number of hydrogen-bond donors (Lipinski definition) is 0. The lowest BCUT2D eigenvalue weighted by molar-refractivity contribution is 0.284. The lowest BCUT2D eigenvalue weighted by Crippen LogP contribution is -2.18. The summed E-state index contributed by atoms with van der Waals surface area (Å²) in [5.74, 6) is 0.588. The molecule has 1 aromatic rings. The Morgan fingerprint density at radius 3 is 2.87 bits per heavy atom. The summed E-state index contributed by atoms with van der Waals surface area (Å²) in [6.07, 6.45) is 0.403. The third kappa shape index (κ3) is 2.29. The fraction of sp³-hybridized carbons (Fsp3) is 0.333. The average molecular weight is 312 g/mol. The third-order valence-corrected chi connectivity index (χ3v) is 4.61. The normalized spacial score (nSPS) is 20.5. The van der Waals surface area contributed by atoms with Crippen molar-refractivity contribution in [3.05, 3.63) is 28.2 Å². The summed E-state index contributed by atoms with van der Waals surface area (Å²) in [4.78, 5) is 0. The van der Waals surface area contributed by atoms with Gasteiger partial charge in [-0.1, -0.05) is 22.0 Å². The van der Waals surface area contributed by atoms with Gasteiger partial charge in [-0.2, -0.15) is 0 Å². The monoisotopic (exact) mass is 310 g/mol. The number of fused-ring (bicyclic) bond motifs is 1. The molecule has 6 heteroatoms. The van der Waals surface area contributed by atoms with Crippen LogP contribution in [0.25, 0.3) is 0 Å². The van der Waals surface area contributed by atoms with Crippen molar-refractivity contribution in [2.24, 2.45) is 0 Å². The summed E-state index contributed by atoms with van der Waals surface area (Å²) in [5, 5.41) is -0.656. The molecule has 0 bridgehead atoms. The summed E-state index contributed by atoms with van der Waals surface area (Å²) in [5.41, 5.74) is 0.638. The van der Waals surface area contributed by atoms with Gasteiger partial charge < -0.3 is 4.74 Å². The lowest BCUT2D eigenvalue weighted by atomic mass is 10.1. The lowest BCUT2D eigenvalue weighted by Gasteiger charge is -2.23. The molecule has 15 heavy (non-hydrogen) atoms. The van der Waals surface area contributed by atoms with Gasteiger partial charge in [0.2, 0.25) is 9.05 Å². The zero-order chi connectivity index (χ0) is 11.1. The van der Waals surface area contributed by atoms with Crippen molar-refractivity contribution in [1.82, 2.24) is 0 Å². The molecule has 0 aliphatic carbocycles. The van der Waals surface area contributed by atoms with Gasteiger partial charge in [-0.15, -0.1) is 0 Å². The van der Waals surface area contributed by atoms with Crippen molar-refractivity contribution >= 4 is 35.7 Å². The van der Waals surface area contributed by atoms with Crippen molar-refractivity contribution in [3.63, 3.8) is 0 Å². The quantitative estimate of drug-likeness (QED) is 0.749. The van der Waals surface area contributed by atoms with Crippen molar-refractivity contribution in [3.8, 4) is 5.75 Å². The smallest absolute Gasteiger partial charge is 0.239 e. The van der Waals surface area contributed by atoms with E-state index in [9.17, 15) is 8.42 Å². The van der Waals surface area contributed by atoms with Crippen molar-refractivity contribution in [2.45, 2.75) is 11.7 Å². The molecule has 0 amide bonds. The second-order valence-electron chi connectivity index (χ2n) is 3.28. The average Bonchev–Trinajstić information content (AvgIpc) is 2.15. The molecule has 1 aliphatic rings. The van der Waals surface area contributed by atoms with Crippen LogP contribution in [0.5, 0.6) is 5.75 Å². The molecule has 2 rings (SSSR count). The van der Waals surface area contributed by atoms with Gasteiger partial charge in [-0.05, 0) is 12.1 Å². The van der Waals surface area contributed by atoms with Gasteiger partial charge in [0.05, 0.1) is 6.61 Å². The molecular weight excluding hydrogens is 304 g/mol. The van der Waals surface area contributed by atoms with Gasteiger partial charge in [0, 0.05) is 27.1 Å². The highest BCUT2D eigenvalue weighted by Crippen LogP contribution is 2.39. The van der Waals surface area contributed by atoms with E-state index in [1.54, 1.807) is 18.2 Å². The van der Waals surface area contributed by atoms with Crippen LogP contribution in [0.1, 0.15) is 17.2 Å². The Hall–Kier alpha value is -0.260. The second-order valence-corrected chi connectivity index (χ2v) is 7.01. The van der Waals surface area contributed by atoms with E-state index in [1.165, 1.54) is 0 Å². The molecule has 1 unspecified atom stereocenters. The van der Waals surface area contributed by atoms with Crippen LogP contribution in [-0.2, 0) is 9.05 Å². The van der Waals surface area contributed by atoms with Crippen LogP contribution in [0.3, 0.4) is 0 Å². The Bertz CT molecular complexity index is 486. The Labute approximate surface area is 101 Å². The molecule has 0 aromatic heterocycles. The maximum absolute atomic E-state index is 11.3. The molecule has 0 fully saturated rings. The predicted molar refractivity (Wildman–Crippen MR) is 61.8 cm³/mol. The van der Waals surface area contributed by atoms with Gasteiger partial charge in [-0.25, -0.2) is 8.42 Å². The molecule has 0 saturated heterocycles. The SMILES string of the molecule is O=S(=O)(Cl)C1CCOc2cc(Br)ccc21. The fourth-order valence-electron chi connectivity index (χ4n) is 1.62. The first-order chi connectivity index (χ1) is 6.98. The Morgan fingerprint density at radius 1 is 1.47 bits per heavy atom. The second kappa shape index (κ2) is 3.96. The van der Waals surface area contributed by atoms with Crippen LogP contribution in [-0.4, -0.2) is 15.0 Å². The standard InChI is InChI=1S/C9H8BrClO3S/c10-6-1-2-7-8(5-6)14-4-3-9(7)15(11,12)13/h1-2,5,9H,3-4H2. The summed E-state index contributed by atoms with van der Waals surface area (Å²) in [6, 6.07) is 5.26. The number of ether oxygens (including phenoxy) is 1. The van der Waals surface area contributed by atoms with Gasteiger partial charge in [-0.3, -0.25) is 0 Å². The molecule has 0 spiro atoms. The highest BCUT2D eigenvalue weighted by molar-refractivity contribution is 9.10. The van der Waals surface area contributed by atoms with Crippen LogP contribution in [0.4, 0.5) is 0 Å². The molecule has 0 N–H and O–H groups in total. The fourth-order valence-corrected chi connectivity index (χ4v) is 3.39. The number of benzene rings is 1. The van der Waals surface area contributed by atoms with E-state index >= 15 is 0 Å². The van der Waals surface area contributed by atoms with Gasteiger partial charge >= 0.3 is 0 Å². The Balaban J connectivity index is 2.52. The predicted octanol–water partition coefficient (Wildman–Crippen LogP) is 2.84. The molecule has 0 saturated carbocycles. The molecule has 0 radical (unpaired) electrons. The first-order valence-electron chi connectivity index (χ1n) is 4.34. The van der Waals surface area contributed by atoms with Crippen molar-refractivity contribution < 1.29 is 13.2 Å². The van der Waals surface area contributed by atoms with Gasteiger partial charge in [0.15, 0.2) is 0 Å². The molecule has 82 valence electrons. The van der Waals surface area contributed by atoms with E-state index in [-0.39, 0.29) is 0 Å². The molecule has 3 nitrogen and oxygen atoms in total. The first-order valence-corrected chi connectivity index (χ1v) is 7.51. The highest BCUT2D eigenvalue weighted by atomic mass is 79.9. The minimum Gasteiger partial charge on any atom is -0.493 e. The van der Waals surface area contributed by atoms with E-state index in [0.717, 1.165) is 4.47 Å². The molecular formula is C9H8BrClO3S. The largest absolute Gasteiger partial charge is 0.493 e. The van der Waals surface area contributed by atoms with Crippen LogP contribution in [0.15, 0.2) is 22.7 Å². The zero-order valence-corrected chi connectivity index (χ0v) is 10.8. The third-order valence-electron chi connectivity index (χ3n) is 2.30. The minimum absolute atomic E-state index is 0.375. The van der Waals surface area contributed by atoms with Crippen LogP contribution >= 0.6 is 26.6 Å². The van der Waals surface area contributed by atoms with E-state index < -0.39 is 14.3 Å². The number of halogens is 2. The summed E-state index contributed by atoms with van der Waals surface area (Å²) < 4.78 is 28.9. The van der Waals surface area contributed by atoms with Crippen molar-refractivity contribution in [2.75, 3.05) is 6.61 Å². The van der Waals surface area contributed by atoms with E-state index in [4.69, 9.17) is 15.4 Å². The highest BCUT2D eigenvalue weighted by Gasteiger charge is 2.31. The maximum atomic E-state index is 11.3. The maximum Gasteiger partial charge on any atom is 0.239 e. The number of hydrogen-bond acceptors (Lipinski definition) is 3.